The molecule has 1 aliphatic rings. The Morgan fingerprint density at radius 2 is 1.89 bits per heavy atom. The predicted molar refractivity (Wildman–Crippen MR) is 73.0 cm³/mol. The minimum atomic E-state index is -0.606. The summed E-state index contributed by atoms with van der Waals surface area (Å²) < 4.78 is 5.73. The van der Waals surface area contributed by atoms with Crippen molar-refractivity contribution in [1.29, 1.82) is 0 Å². The molecule has 0 radical (unpaired) electrons. The molecule has 4 nitrogen and oxygen atoms in total. The minimum Gasteiger partial charge on any atom is -0.481 e. The number of para-hydroxylation sites is 1. The van der Waals surface area contributed by atoms with E-state index in [1.165, 1.54) is 0 Å². The van der Waals surface area contributed by atoms with Gasteiger partial charge >= 0.3 is 0 Å². The van der Waals surface area contributed by atoms with Gasteiger partial charge in [-0.25, -0.2) is 0 Å². The fourth-order valence-electron chi connectivity index (χ4n) is 2.37. The van der Waals surface area contributed by atoms with Crippen molar-refractivity contribution in [1.82, 2.24) is 4.90 Å². The van der Waals surface area contributed by atoms with Gasteiger partial charge in [-0.1, -0.05) is 18.2 Å². The van der Waals surface area contributed by atoms with Crippen LogP contribution < -0.4 is 4.74 Å². The molecule has 0 spiro atoms. The van der Waals surface area contributed by atoms with Crippen molar-refractivity contribution >= 4 is 5.91 Å². The number of nitrogens with zero attached hydrogens (tertiary/aromatic N) is 1. The molecule has 1 fully saturated rings. The smallest absolute Gasteiger partial charge is 0.263 e. The van der Waals surface area contributed by atoms with Gasteiger partial charge in [-0.15, -0.1) is 0 Å². The Hall–Kier alpha value is -1.55. The lowest BCUT2D eigenvalue weighted by Gasteiger charge is -2.22. The van der Waals surface area contributed by atoms with Gasteiger partial charge in [0.2, 0.25) is 0 Å². The number of benzene rings is 1. The van der Waals surface area contributed by atoms with Crippen molar-refractivity contribution in [3.8, 4) is 5.75 Å². The standard InChI is InChI=1S/C15H21NO3/c1-11(17)13-7-3-4-8-14(13)19-12(2)15(18)16-9-5-6-10-16/h3-4,7-8,11-12,17H,5-6,9-10H2,1-2H3/t11-,12?/m0/s1. The SMILES string of the molecule is CC(Oc1ccccc1[C@H](C)O)C(=O)N1CCCC1. The van der Waals surface area contributed by atoms with Crippen LogP contribution in [-0.4, -0.2) is 35.1 Å². The molecule has 19 heavy (non-hydrogen) atoms. The molecule has 0 saturated carbocycles. The third kappa shape index (κ3) is 3.26. The lowest BCUT2D eigenvalue weighted by atomic mass is 10.1. The van der Waals surface area contributed by atoms with E-state index in [9.17, 15) is 9.90 Å². The molecule has 1 heterocycles. The van der Waals surface area contributed by atoms with E-state index >= 15 is 0 Å². The number of amides is 1. The highest BCUT2D eigenvalue weighted by atomic mass is 16.5. The maximum Gasteiger partial charge on any atom is 0.263 e. The molecule has 1 amide bonds. The third-order valence-corrected chi connectivity index (χ3v) is 3.44. The number of aliphatic hydroxyl groups is 1. The van der Waals surface area contributed by atoms with Gasteiger partial charge in [0.25, 0.3) is 5.91 Å². The van der Waals surface area contributed by atoms with Gasteiger partial charge in [-0.2, -0.15) is 0 Å². The molecule has 1 unspecified atom stereocenters. The van der Waals surface area contributed by atoms with Gasteiger partial charge in [0.1, 0.15) is 5.75 Å². The van der Waals surface area contributed by atoms with Gasteiger partial charge in [0.05, 0.1) is 6.10 Å². The first-order valence-electron chi connectivity index (χ1n) is 6.82. The molecule has 1 aromatic carbocycles. The molecule has 1 aliphatic heterocycles. The van der Waals surface area contributed by atoms with E-state index in [1.54, 1.807) is 19.9 Å². The van der Waals surface area contributed by atoms with E-state index in [1.807, 2.05) is 23.1 Å². The zero-order chi connectivity index (χ0) is 13.8. The molecule has 0 aliphatic carbocycles. The minimum absolute atomic E-state index is 0.0258. The average molecular weight is 263 g/mol. The fraction of sp³-hybridized carbons (Fsp3) is 0.533. The number of carbonyl (C=O) groups is 1. The predicted octanol–water partition coefficient (Wildman–Crippen LogP) is 2.13. The second-order valence-electron chi connectivity index (χ2n) is 5.01. The zero-order valence-corrected chi connectivity index (χ0v) is 11.5. The van der Waals surface area contributed by atoms with Crippen LogP contribution in [0.15, 0.2) is 24.3 Å². The first-order valence-corrected chi connectivity index (χ1v) is 6.82. The molecular formula is C15H21NO3. The Morgan fingerprint density at radius 1 is 1.26 bits per heavy atom. The number of carbonyl (C=O) groups excluding carboxylic acids is 1. The van der Waals surface area contributed by atoms with Crippen LogP contribution in [0.25, 0.3) is 0 Å². The van der Waals surface area contributed by atoms with Crippen molar-refractivity contribution < 1.29 is 14.6 Å². The molecule has 1 saturated heterocycles. The van der Waals surface area contributed by atoms with E-state index in [-0.39, 0.29) is 5.91 Å². The zero-order valence-electron chi connectivity index (χ0n) is 11.5. The van der Waals surface area contributed by atoms with Crippen LogP contribution >= 0.6 is 0 Å². The lowest BCUT2D eigenvalue weighted by molar-refractivity contribution is -0.136. The maximum atomic E-state index is 12.2. The highest BCUT2D eigenvalue weighted by molar-refractivity contribution is 5.81. The van der Waals surface area contributed by atoms with Gasteiger partial charge in [-0.3, -0.25) is 4.79 Å². The first-order chi connectivity index (χ1) is 9.09. The third-order valence-electron chi connectivity index (χ3n) is 3.44. The Balaban J connectivity index is 2.06. The summed E-state index contributed by atoms with van der Waals surface area (Å²) in [6, 6.07) is 7.29. The van der Waals surface area contributed by atoms with E-state index in [4.69, 9.17) is 4.74 Å². The maximum absolute atomic E-state index is 12.2. The Kier molecular flexibility index (Phi) is 4.43. The van der Waals surface area contributed by atoms with Crippen molar-refractivity contribution in [2.24, 2.45) is 0 Å². The van der Waals surface area contributed by atoms with Gasteiger partial charge in [0.15, 0.2) is 6.10 Å². The van der Waals surface area contributed by atoms with Crippen LogP contribution in [0.2, 0.25) is 0 Å². The highest BCUT2D eigenvalue weighted by Crippen LogP contribution is 2.26. The quantitative estimate of drug-likeness (QED) is 0.905. The van der Waals surface area contributed by atoms with Gasteiger partial charge in [-0.05, 0) is 32.8 Å². The molecule has 4 heteroatoms. The van der Waals surface area contributed by atoms with Crippen molar-refractivity contribution in [2.75, 3.05) is 13.1 Å². The summed E-state index contributed by atoms with van der Waals surface area (Å²) in [4.78, 5) is 14.0. The van der Waals surface area contributed by atoms with Crippen LogP contribution in [0.4, 0.5) is 0 Å². The van der Waals surface area contributed by atoms with Crippen LogP contribution in [0.3, 0.4) is 0 Å². The summed E-state index contributed by atoms with van der Waals surface area (Å²) in [6.07, 6.45) is 1.02. The normalized spacial score (nSPS) is 18.2. The Morgan fingerprint density at radius 3 is 2.53 bits per heavy atom. The summed E-state index contributed by atoms with van der Waals surface area (Å²) in [5.74, 6) is 0.607. The first kappa shape index (κ1) is 13.9. The molecule has 2 atom stereocenters. The highest BCUT2D eigenvalue weighted by Gasteiger charge is 2.25. The number of hydrogen-bond donors (Lipinski definition) is 1. The Labute approximate surface area is 114 Å². The largest absolute Gasteiger partial charge is 0.481 e. The van der Waals surface area contributed by atoms with Crippen LogP contribution in [0.5, 0.6) is 5.75 Å². The molecular weight excluding hydrogens is 242 g/mol. The molecule has 2 rings (SSSR count). The summed E-state index contributed by atoms with van der Waals surface area (Å²) in [6.45, 7) is 5.10. The summed E-state index contributed by atoms with van der Waals surface area (Å²) in [5, 5.41) is 9.69. The van der Waals surface area contributed by atoms with E-state index in [0.29, 0.717) is 11.3 Å². The summed E-state index contributed by atoms with van der Waals surface area (Å²) in [7, 11) is 0. The number of rotatable bonds is 4. The van der Waals surface area contributed by atoms with Crippen LogP contribution in [0, 0.1) is 0 Å². The topological polar surface area (TPSA) is 49.8 Å². The van der Waals surface area contributed by atoms with E-state index in [0.717, 1.165) is 25.9 Å². The second kappa shape index (κ2) is 6.06. The molecule has 1 N–H and O–H groups in total. The second-order valence-corrected chi connectivity index (χ2v) is 5.01. The van der Waals surface area contributed by atoms with Crippen LogP contribution in [-0.2, 0) is 4.79 Å². The summed E-state index contributed by atoms with van der Waals surface area (Å²) >= 11 is 0. The number of ether oxygens (including phenoxy) is 1. The molecule has 1 aromatic rings. The van der Waals surface area contributed by atoms with Gasteiger partial charge in [0, 0.05) is 18.7 Å². The molecule has 104 valence electrons. The molecule has 0 bridgehead atoms. The number of aliphatic hydroxyl groups excluding tert-OH is 1. The lowest BCUT2D eigenvalue weighted by Crippen LogP contribution is -2.38. The Bertz CT molecular complexity index is 439. The van der Waals surface area contributed by atoms with Crippen molar-refractivity contribution in [3.05, 3.63) is 29.8 Å². The van der Waals surface area contributed by atoms with Crippen LogP contribution in [0.1, 0.15) is 38.4 Å². The number of likely N-dealkylation sites (tertiary alicyclic amines) is 1. The van der Waals surface area contributed by atoms with Crippen molar-refractivity contribution in [3.63, 3.8) is 0 Å². The molecule has 0 aromatic heterocycles. The number of hydrogen-bond acceptors (Lipinski definition) is 3. The van der Waals surface area contributed by atoms with Crippen molar-refractivity contribution in [2.45, 2.75) is 38.9 Å². The fourth-order valence-corrected chi connectivity index (χ4v) is 2.37. The monoisotopic (exact) mass is 263 g/mol. The van der Waals surface area contributed by atoms with E-state index in [2.05, 4.69) is 0 Å². The van der Waals surface area contributed by atoms with E-state index < -0.39 is 12.2 Å². The van der Waals surface area contributed by atoms with Gasteiger partial charge < -0.3 is 14.7 Å². The summed E-state index contributed by atoms with van der Waals surface area (Å²) in [5.41, 5.74) is 0.712. The average Bonchev–Trinajstić information content (AvgIpc) is 2.92.